The zero-order chi connectivity index (χ0) is 21.9. The molecule has 0 atom stereocenters. The Morgan fingerprint density at radius 1 is 1.03 bits per heavy atom. The van der Waals surface area contributed by atoms with Crippen molar-refractivity contribution in [3.63, 3.8) is 0 Å². The zero-order valence-corrected chi connectivity index (χ0v) is 17.3. The lowest BCUT2D eigenvalue weighted by atomic mass is 9.94. The second-order valence-corrected chi connectivity index (χ2v) is 8.35. The third-order valence-electron chi connectivity index (χ3n) is 4.73. The number of allylic oxidation sites excluding steroid dienone is 1. The first-order valence-corrected chi connectivity index (χ1v) is 10.6. The average molecular weight is 442 g/mol. The molecule has 3 rings (SSSR count). The quantitative estimate of drug-likeness (QED) is 0.368. The van der Waals surface area contributed by atoms with E-state index in [0.29, 0.717) is 42.1 Å². The number of rotatable bonds is 4. The minimum atomic E-state index is -5.83. The molecular weight excluding hydrogens is 421 g/mol. The number of fused-ring (bicyclic) bond motifs is 1. The Morgan fingerprint density at radius 2 is 1.73 bits per heavy atom. The third-order valence-corrected chi connectivity index (χ3v) is 5.70. The Bertz CT molecular complexity index is 1040. The summed E-state index contributed by atoms with van der Waals surface area (Å²) in [6.45, 7) is 2.38. The second kappa shape index (κ2) is 8.59. The predicted octanol–water partition coefficient (Wildman–Crippen LogP) is 5.25. The van der Waals surface area contributed by atoms with Gasteiger partial charge in [-0.25, -0.2) is 0 Å². The van der Waals surface area contributed by atoms with Crippen LogP contribution in [0.25, 0.3) is 11.1 Å². The van der Waals surface area contributed by atoms with E-state index in [1.54, 1.807) is 24.3 Å². The van der Waals surface area contributed by atoms with E-state index in [2.05, 4.69) is 4.18 Å². The first-order valence-electron chi connectivity index (χ1n) is 9.22. The number of methoxy groups -OCH3 is 1. The van der Waals surface area contributed by atoms with Crippen LogP contribution in [0.3, 0.4) is 0 Å². The molecule has 2 aromatic carbocycles. The molecule has 2 aromatic rings. The lowest BCUT2D eigenvalue weighted by Gasteiger charge is -2.19. The summed E-state index contributed by atoms with van der Waals surface area (Å²) in [6, 6.07) is 9.18. The van der Waals surface area contributed by atoms with Crippen molar-refractivity contribution in [2.24, 2.45) is 0 Å². The van der Waals surface area contributed by atoms with Crippen molar-refractivity contribution in [2.75, 3.05) is 13.7 Å². The van der Waals surface area contributed by atoms with Gasteiger partial charge in [0, 0.05) is 17.5 Å². The van der Waals surface area contributed by atoms with Crippen molar-refractivity contribution in [1.29, 1.82) is 0 Å². The fraction of sp³-hybridized carbons (Fsp3) is 0.333. The van der Waals surface area contributed by atoms with Crippen LogP contribution in [-0.2, 0) is 16.5 Å². The van der Waals surface area contributed by atoms with E-state index in [9.17, 15) is 21.6 Å². The molecule has 0 amide bonds. The van der Waals surface area contributed by atoms with Crippen LogP contribution in [0.2, 0.25) is 0 Å². The molecule has 0 aliphatic carbocycles. The van der Waals surface area contributed by atoms with E-state index in [4.69, 9.17) is 9.47 Å². The molecule has 0 bridgehead atoms. The average Bonchev–Trinajstić information content (AvgIpc) is 2.77. The van der Waals surface area contributed by atoms with Crippen LogP contribution in [0.4, 0.5) is 13.2 Å². The lowest BCUT2D eigenvalue weighted by molar-refractivity contribution is -0.0499. The molecule has 1 heterocycles. The van der Waals surface area contributed by atoms with Gasteiger partial charge >= 0.3 is 15.6 Å². The van der Waals surface area contributed by atoms with Gasteiger partial charge in [-0.15, -0.1) is 0 Å². The Hall–Kier alpha value is -2.68. The maximum Gasteiger partial charge on any atom is 0.534 e. The highest BCUT2D eigenvalue weighted by molar-refractivity contribution is 7.88. The van der Waals surface area contributed by atoms with Crippen LogP contribution in [0.5, 0.6) is 17.2 Å². The highest BCUT2D eigenvalue weighted by Crippen LogP contribution is 2.42. The van der Waals surface area contributed by atoms with Gasteiger partial charge in [0.15, 0.2) is 5.75 Å². The summed E-state index contributed by atoms with van der Waals surface area (Å²) in [7, 11) is -4.34. The van der Waals surface area contributed by atoms with Gasteiger partial charge in [0.1, 0.15) is 11.5 Å². The normalized spacial score (nSPS) is 15.0. The maximum absolute atomic E-state index is 12.9. The molecule has 9 heteroatoms. The van der Waals surface area contributed by atoms with Crippen LogP contribution < -0.4 is 13.7 Å². The summed E-state index contributed by atoms with van der Waals surface area (Å²) in [4.78, 5) is 0. The summed E-state index contributed by atoms with van der Waals surface area (Å²) >= 11 is 0. The van der Waals surface area contributed by atoms with Crippen LogP contribution in [0.1, 0.15) is 25.3 Å². The van der Waals surface area contributed by atoms with Crippen molar-refractivity contribution < 1.29 is 35.2 Å². The van der Waals surface area contributed by atoms with Crippen molar-refractivity contribution in [1.82, 2.24) is 0 Å². The molecule has 0 saturated heterocycles. The van der Waals surface area contributed by atoms with Crippen LogP contribution >= 0.6 is 0 Å². The van der Waals surface area contributed by atoms with Gasteiger partial charge in [-0.05, 0) is 49.6 Å². The van der Waals surface area contributed by atoms with Crippen molar-refractivity contribution in [3.8, 4) is 28.4 Å². The molecule has 0 N–H and O–H groups in total. The van der Waals surface area contributed by atoms with Gasteiger partial charge in [-0.1, -0.05) is 23.8 Å². The summed E-state index contributed by atoms with van der Waals surface area (Å²) in [5, 5.41) is 0. The van der Waals surface area contributed by atoms with Gasteiger partial charge < -0.3 is 13.7 Å². The predicted molar refractivity (Wildman–Crippen MR) is 106 cm³/mol. The molecule has 0 radical (unpaired) electrons. The van der Waals surface area contributed by atoms with E-state index in [1.165, 1.54) is 19.2 Å². The molecular formula is C21H21F3O5S. The molecule has 1 aliphatic rings. The van der Waals surface area contributed by atoms with Gasteiger partial charge in [-0.3, -0.25) is 0 Å². The summed E-state index contributed by atoms with van der Waals surface area (Å²) in [5.41, 5.74) is -3.08. The minimum absolute atomic E-state index is 0.246. The number of benzene rings is 2. The highest BCUT2D eigenvalue weighted by Gasteiger charge is 2.49. The van der Waals surface area contributed by atoms with Gasteiger partial charge in [0.2, 0.25) is 0 Å². The fourth-order valence-corrected chi connectivity index (χ4v) is 3.66. The Morgan fingerprint density at radius 3 is 2.37 bits per heavy atom. The number of ether oxygens (including phenoxy) is 2. The van der Waals surface area contributed by atoms with Crippen LogP contribution in [0, 0.1) is 0 Å². The third kappa shape index (κ3) is 4.72. The molecule has 0 spiro atoms. The number of halogens is 3. The van der Waals surface area contributed by atoms with E-state index < -0.39 is 21.4 Å². The first kappa shape index (κ1) is 22.0. The van der Waals surface area contributed by atoms with Crippen molar-refractivity contribution in [2.45, 2.75) is 31.7 Å². The second-order valence-electron chi connectivity index (χ2n) is 6.81. The SMILES string of the molecule is COc1ccc(-c2c(OS(=O)(=O)C(F)(F)F)ccc3c2CCC=C(C)CCO3)cc1. The highest BCUT2D eigenvalue weighted by atomic mass is 32.2. The van der Waals surface area contributed by atoms with Crippen LogP contribution in [0.15, 0.2) is 48.0 Å². The smallest absolute Gasteiger partial charge is 0.497 e. The Kier molecular flexibility index (Phi) is 6.30. The monoisotopic (exact) mass is 442 g/mol. The minimum Gasteiger partial charge on any atom is -0.497 e. The number of alkyl halides is 3. The van der Waals surface area contributed by atoms with Crippen molar-refractivity contribution >= 4 is 10.1 Å². The summed E-state index contributed by atoms with van der Waals surface area (Å²) in [5.74, 6) is 0.634. The molecule has 0 saturated carbocycles. The molecule has 0 aromatic heterocycles. The summed E-state index contributed by atoms with van der Waals surface area (Å²) < 4.78 is 77.7. The molecule has 5 nitrogen and oxygen atoms in total. The Balaban J connectivity index is 2.18. The van der Waals surface area contributed by atoms with Gasteiger partial charge in [0.25, 0.3) is 0 Å². The topological polar surface area (TPSA) is 61.8 Å². The summed E-state index contributed by atoms with van der Waals surface area (Å²) in [6.07, 6.45) is 3.83. The van der Waals surface area contributed by atoms with E-state index in [1.807, 2.05) is 13.0 Å². The fourth-order valence-electron chi connectivity index (χ4n) is 3.19. The van der Waals surface area contributed by atoms with E-state index in [-0.39, 0.29) is 5.56 Å². The van der Waals surface area contributed by atoms with E-state index >= 15 is 0 Å². The standard InChI is InChI=1S/C21H21F3O5S/c1-14-4-3-5-17-18(28-13-12-14)10-11-19(29-30(25,26)21(22,23)24)20(17)15-6-8-16(27-2)9-7-15/h4,6-11H,3,5,12-13H2,1-2H3. The van der Waals surface area contributed by atoms with Gasteiger partial charge in [-0.2, -0.15) is 21.6 Å². The zero-order valence-electron chi connectivity index (χ0n) is 16.5. The largest absolute Gasteiger partial charge is 0.534 e. The van der Waals surface area contributed by atoms with E-state index in [0.717, 1.165) is 12.0 Å². The Labute approximate surface area is 173 Å². The molecule has 0 fully saturated rings. The number of hydrogen-bond donors (Lipinski definition) is 0. The van der Waals surface area contributed by atoms with Gasteiger partial charge in [0.05, 0.1) is 13.7 Å². The number of hydrogen-bond acceptors (Lipinski definition) is 5. The molecule has 1 aliphatic heterocycles. The lowest BCUT2D eigenvalue weighted by Crippen LogP contribution is -2.28. The molecule has 162 valence electrons. The van der Waals surface area contributed by atoms with Crippen molar-refractivity contribution in [3.05, 3.63) is 53.6 Å². The van der Waals surface area contributed by atoms with Crippen LogP contribution in [-0.4, -0.2) is 27.6 Å². The molecule has 0 unspecified atom stereocenters. The molecule has 30 heavy (non-hydrogen) atoms. The maximum atomic E-state index is 12.9. The first-order chi connectivity index (χ1) is 14.1.